The number of hydrogen-bond donors (Lipinski definition) is 1. The van der Waals surface area contributed by atoms with E-state index in [1.54, 1.807) is 0 Å². The van der Waals surface area contributed by atoms with Gasteiger partial charge in [-0.15, -0.1) is 0 Å². The van der Waals surface area contributed by atoms with Gasteiger partial charge in [-0.25, -0.2) is 0 Å². The van der Waals surface area contributed by atoms with Crippen LogP contribution >= 0.6 is 23.8 Å². The molecule has 3 nitrogen and oxygen atoms in total. The number of thiocarbonyl (C=S) groups is 1. The maximum Gasteiger partial charge on any atom is 0.122 e. The first-order valence-corrected chi connectivity index (χ1v) is 7.26. The first-order valence-electron chi connectivity index (χ1n) is 6.48. The molecule has 0 aromatic heterocycles. The second-order valence-electron chi connectivity index (χ2n) is 4.50. The molecule has 2 rings (SSSR count). The highest BCUT2D eigenvalue weighted by atomic mass is 35.5. The lowest BCUT2D eigenvalue weighted by molar-refractivity contribution is 0.217. The molecule has 2 aromatic carbocycles. The summed E-state index contributed by atoms with van der Waals surface area (Å²) in [5, 5.41) is 0.733. The summed E-state index contributed by atoms with van der Waals surface area (Å²) < 4.78 is 11.2. The van der Waals surface area contributed by atoms with E-state index >= 15 is 0 Å². The summed E-state index contributed by atoms with van der Waals surface area (Å²) in [6, 6.07) is 12.9. The fourth-order valence-corrected chi connectivity index (χ4v) is 2.00. The molecule has 0 radical (unpaired) electrons. The van der Waals surface area contributed by atoms with E-state index in [0.717, 1.165) is 27.6 Å². The van der Waals surface area contributed by atoms with Crippen molar-refractivity contribution < 1.29 is 9.47 Å². The summed E-state index contributed by atoms with van der Waals surface area (Å²) in [6.07, 6.45) is 0. The third-order valence-electron chi connectivity index (χ3n) is 2.89. The van der Waals surface area contributed by atoms with Gasteiger partial charge in [0.2, 0.25) is 0 Å². The molecule has 0 saturated heterocycles. The van der Waals surface area contributed by atoms with Crippen molar-refractivity contribution in [2.24, 2.45) is 5.73 Å². The lowest BCUT2D eigenvalue weighted by Gasteiger charge is -2.09. The van der Waals surface area contributed by atoms with Gasteiger partial charge in [-0.3, -0.25) is 0 Å². The Morgan fingerprint density at radius 3 is 2.19 bits per heavy atom. The molecule has 0 fully saturated rings. The summed E-state index contributed by atoms with van der Waals surface area (Å²) in [7, 11) is 0. The van der Waals surface area contributed by atoms with Crippen LogP contribution in [0.1, 0.15) is 11.1 Å². The zero-order valence-corrected chi connectivity index (χ0v) is 13.2. The molecular weight excluding hydrogens is 306 g/mol. The predicted molar refractivity (Wildman–Crippen MR) is 89.5 cm³/mol. The number of nitrogens with two attached hydrogens (primary N) is 1. The van der Waals surface area contributed by atoms with Crippen molar-refractivity contribution in [2.75, 3.05) is 13.2 Å². The van der Waals surface area contributed by atoms with Gasteiger partial charge in [0.15, 0.2) is 0 Å². The quantitative estimate of drug-likeness (QED) is 0.650. The molecule has 0 bridgehead atoms. The lowest BCUT2D eigenvalue weighted by atomic mass is 10.2. The topological polar surface area (TPSA) is 44.5 Å². The van der Waals surface area contributed by atoms with Crippen LogP contribution in [0, 0.1) is 6.92 Å². The molecule has 0 amide bonds. The van der Waals surface area contributed by atoms with Gasteiger partial charge in [-0.1, -0.05) is 23.8 Å². The molecule has 2 N–H and O–H groups in total. The predicted octanol–water partition coefficient (Wildman–Crippen LogP) is 3.74. The van der Waals surface area contributed by atoms with E-state index in [1.165, 1.54) is 0 Å². The zero-order valence-electron chi connectivity index (χ0n) is 11.6. The first kappa shape index (κ1) is 15.6. The summed E-state index contributed by atoms with van der Waals surface area (Å²) in [6.45, 7) is 2.85. The lowest BCUT2D eigenvalue weighted by Crippen LogP contribution is -2.10. The highest BCUT2D eigenvalue weighted by Crippen LogP contribution is 2.21. The van der Waals surface area contributed by atoms with Crippen LogP contribution in [0.2, 0.25) is 5.02 Å². The van der Waals surface area contributed by atoms with Crippen LogP contribution in [-0.2, 0) is 0 Å². The molecule has 0 aliphatic carbocycles. The molecule has 0 heterocycles. The number of ether oxygens (including phenoxy) is 2. The molecule has 2 aromatic rings. The Morgan fingerprint density at radius 1 is 1.05 bits per heavy atom. The van der Waals surface area contributed by atoms with E-state index in [9.17, 15) is 0 Å². The van der Waals surface area contributed by atoms with Crippen molar-refractivity contribution in [1.82, 2.24) is 0 Å². The van der Waals surface area contributed by atoms with Crippen molar-refractivity contribution >= 4 is 28.8 Å². The number of hydrogen-bond acceptors (Lipinski definition) is 3. The van der Waals surface area contributed by atoms with Crippen LogP contribution in [0.15, 0.2) is 42.5 Å². The smallest absolute Gasteiger partial charge is 0.122 e. The van der Waals surface area contributed by atoms with Gasteiger partial charge in [0.1, 0.15) is 29.7 Å². The van der Waals surface area contributed by atoms with Crippen molar-refractivity contribution in [2.45, 2.75) is 6.92 Å². The SMILES string of the molecule is Cc1cc(OCCOc2ccc(C(N)=S)cc2)ccc1Cl. The van der Waals surface area contributed by atoms with Gasteiger partial charge < -0.3 is 15.2 Å². The Bertz CT molecular complexity index is 629. The van der Waals surface area contributed by atoms with Gasteiger partial charge in [0, 0.05) is 10.6 Å². The van der Waals surface area contributed by atoms with Crippen molar-refractivity contribution in [3.63, 3.8) is 0 Å². The van der Waals surface area contributed by atoms with Gasteiger partial charge >= 0.3 is 0 Å². The van der Waals surface area contributed by atoms with Gasteiger partial charge in [0.25, 0.3) is 0 Å². The second-order valence-corrected chi connectivity index (χ2v) is 5.34. The Morgan fingerprint density at radius 2 is 1.62 bits per heavy atom. The zero-order chi connectivity index (χ0) is 15.2. The third kappa shape index (κ3) is 4.62. The monoisotopic (exact) mass is 321 g/mol. The standard InChI is InChI=1S/C16H16ClNO2S/c1-11-10-14(6-7-15(11)17)20-9-8-19-13-4-2-12(3-5-13)16(18)21/h2-7,10H,8-9H2,1H3,(H2,18,21). The molecule has 5 heteroatoms. The van der Waals surface area contributed by atoms with E-state index in [-0.39, 0.29) is 0 Å². The van der Waals surface area contributed by atoms with Crippen molar-refractivity contribution in [3.05, 3.63) is 58.6 Å². The summed E-state index contributed by atoms with van der Waals surface area (Å²) >= 11 is 10.9. The van der Waals surface area contributed by atoms with Crippen molar-refractivity contribution in [3.8, 4) is 11.5 Å². The van der Waals surface area contributed by atoms with Gasteiger partial charge in [-0.2, -0.15) is 0 Å². The third-order valence-corrected chi connectivity index (χ3v) is 3.55. The Labute approximate surface area is 134 Å². The minimum absolute atomic E-state index is 0.378. The van der Waals surface area contributed by atoms with Crippen LogP contribution < -0.4 is 15.2 Å². The van der Waals surface area contributed by atoms with E-state index < -0.39 is 0 Å². The van der Waals surface area contributed by atoms with Gasteiger partial charge in [-0.05, 0) is 55.0 Å². The second kappa shape index (κ2) is 7.29. The molecule has 0 aliphatic rings. The highest BCUT2D eigenvalue weighted by Gasteiger charge is 2.00. The molecule has 0 atom stereocenters. The number of rotatable bonds is 6. The fourth-order valence-electron chi connectivity index (χ4n) is 1.74. The average Bonchev–Trinajstić information content (AvgIpc) is 2.47. The normalized spacial score (nSPS) is 10.2. The molecule has 0 spiro atoms. The van der Waals surface area contributed by atoms with Crippen molar-refractivity contribution in [1.29, 1.82) is 0 Å². The highest BCUT2D eigenvalue weighted by molar-refractivity contribution is 7.80. The number of halogens is 1. The Kier molecular flexibility index (Phi) is 5.42. The first-order chi connectivity index (χ1) is 10.1. The van der Waals surface area contributed by atoms with Crippen LogP contribution in [0.3, 0.4) is 0 Å². The molecule has 21 heavy (non-hydrogen) atoms. The molecule has 0 saturated carbocycles. The molecular formula is C16H16ClNO2S. The molecule has 110 valence electrons. The van der Waals surface area contributed by atoms with E-state index in [2.05, 4.69) is 0 Å². The van der Waals surface area contributed by atoms with Crippen LogP contribution in [0.5, 0.6) is 11.5 Å². The minimum atomic E-state index is 0.378. The molecule has 0 unspecified atom stereocenters. The maximum absolute atomic E-state index is 5.96. The number of benzene rings is 2. The van der Waals surface area contributed by atoms with Crippen LogP contribution in [-0.4, -0.2) is 18.2 Å². The van der Waals surface area contributed by atoms with E-state index in [1.807, 2.05) is 49.4 Å². The average molecular weight is 322 g/mol. The fraction of sp³-hybridized carbons (Fsp3) is 0.188. The van der Waals surface area contributed by atoms with E-state index in [0.29, 0.717) is 18.2 Å². The van der Waals surface area contributed by atoms with Crippen LogP contribution in [0.25, 0.3) is 0 Å². The maximum atomic E-state index is 5.96. The number of aryl methyl sites for hydroxylation is 1. The van der Waals surface area contributed by atoms with E-state index in [4.69, 9.17) is 39.0 Å². The Balaban J connectivity index is 1.79. The summed E-state index contributed by atoms with van der Waals surface area (Å²) in [5.41, 5.74) is 7.35. The summed E-state index contributed by atoms with van der Waals surface area (Å²) in [4.78, 5) is 0.378. The minimum Gasteiger partial charge on any atom is -0.490 e. The largest absolute Gasteiger partial charge is 0.490 e. The molecule has 0 aliphatic heterocycles. The van der Waals surface area contributed by atoms with Gasteiger partial charge in [0.05, 0.1) is 0 Å². The van der Waals surface area contributed by atoms with Crippen LogP contribution in [0.4, 0.5) is 0 Å². The Hall–Kier alpha value is -1.78. The summed E-state index contributed by atoms with van der Waals surface area (Å²) in [5.74, 6) is 1.54.